The van der Waals surface area contributed by atoms with E-state index in [2.05, 4.69) is 0 Å². The molecule has 0 fully saturated rings. The maximum Gasteiger partial charge on any atom is 0.208 e. The number of hydrogen-bond donors (Lipinski definition) is 1. The Kier molecular flexibility index (Phi) is 3.07. The Morgan fingerprint density at radius 1 is 1.58 bits per heavy atom. The van der Waals surface area contributed by atoms with Gasteiger partial charge in [0.25, 0.3) is 0 Å². The van der Waals surface area contributed by atoms with Crippen molar-refractivity contribution in [3.8, 4) is 0 Å². The molecule has 1 aliphatic carbocycles. The predicted molar refractivity (Wildman–Crippen MR) is 49.5 cm³/mol. The van der Waals surface area contributed by atoms with Gasteiger partial charge in [-0.25, -0.2) is 0 Å². The van der Waals surface area contributed by atoms with Crippen LogP contribution in [0.2, 0.25) is 0 Å². The smallest absolute Gasteiger partial charge is 0.208 e. The second kappa shape index (κ2) is 3.56. The average Bonchev–Trinajstić information content (AvgIpc) is 2.08. The van der Waals surface area contributed by atoms with Crippen LogP contribution in [-0.2, 0) is 4.74 Å². The molecule has 1 rings (SSSR count). The summed E-state index contributed by atoms with van der Waals surface area (Å²) in [5.74, 6) is 0. The number of hydrogen-bond acceptors (Lipinski definition) is 2. The monoisotopic (exact) mass is 228 g/mol. The molecule has 12 heavy (non-hydrogen) atoms. The Morgan fingerprint density at radius 3 is 2.58 bits per heavy atom. The molecule has 0 radical (unpaired) electrons. The molecule has 2 nitrogen and oxygen atoms in total. The van der Waals surface area contributed by atoms with Crippen LogP contribution in [-0.4, -0.2) is 23.4 Å². The molecule has 0 bridgehead atoms. The molecule has 2 unspecified atom stereocenters. The van der Waals surface area contributed by atoms with Gasteiger partial charge in [0.2, 0.25) is 5.06 Å². The second-order valence-electron chi connectivity index (χ2n) is 2.32. The summed E-state index contributed by atoms with van der Waals surface area (Å²) in [6, 6.07) is 0. The summed E-state index contributed by atoms with van der Waals surface area (Å²) in [6.07, 6.45) is 1.91. The highest BCUT2D eigenvalue weighted by atomic mass is 35.5. The lowest BCUT2D eigenvalue weighted by Gasteiger charge is -2.31. The molecule has 0 heterocycles. The van der Waals surface area contributed by atoms with E-state index in [4.69, 9.17) is 39.5 Å². The first-order chi connectivity index (χ1) is 5.52. The SMILES string of the molecule is COC1(Cl)C(Cl)=C(Cl)C=CC1O. The minimum Gasteiger partial charge on any atom is -0.384 e. The van der Waals surface area contributed by atoms with Crippen molar-refractivity contribution in [2.45, 2.75) is 11.2 Å². The van der Waals surface area contributed by atoms with Crippen LogP contribution in [0.1, 0.15) is 0 Å². The fourth-order valence-corrected chi connectivity index (χ4v) is 1.56. The molecule has 0 aliphatic heterocycles. The quantitative estimate of drug-likeness (QED) is 0.699. The lowest BCUT2D eigenvalue weighted by Crippen LogP contribution is -2.39. The molecule has 0 amide bonds. The van der Waals surface area contributed by atoms with Crippen molar-refractivity contribution in [3.05, 3.63) is 22.2 Å². The highest BCUT2D eigenvalue weighted by molar-refractivity contribution is 6.45. The summed E-state index contributed by atoms with van der Waals surface area (Å²) in [7, 11) is 1.35. The van der Waals surface area contributed by atoms with Crippen molar-refractivity contribution < 1.29 is 9.84 Å². The lowest BCUT2D eigenvalue weighted by molar-refractivity contribution is 0.00714. The zero-order chi connectivity index (χ0) is 9.35. The van der Waals surface area contributed by atoms with E-state index in [1.165, 1.54) is 19.3 Å². The summed E-state index contributed by atoms with van der Waals surface area (Å²) in [6.45, 7) is 0. The van der Waals surface area contributed by atoms with Crippen molar-refractivity contribution in [2.24, 2.45) is 0 Å². The van der Waals surface area contributed by atoms with Crippen molar-refractivity contribution in [1.82, 2.24) is 0 Å². The molecule has 0 saturated heterocycles. The van der Waals surface area contributed by atoms with Crippen LogP contribution in [0.15, 0.2) is 22.2 Å². The van der Waals surface area contributed by atoms with E-state index >= 15 is 0 Å². The van der Waals surface area contributed by atoms with Gasteiger partial charge in [0.15, 0.2) is 0 Å². The van der Waals surface area contributed by atoms with Gasteiger partial charge in [-0.05, 0) is 6.08 Å². The van der Waals surface area contributed by atoms with Gasteiger partial charge in [0.1, 0.15) is 6.10 Å². The Bertz CT molecular complexity index is 249. The summed E-state index contributed by atoms with van der Waals surface area (Å²) in [5, 5.41) is 8.34. The zero-order valence-electron chi connectivity index (χ0n) is 6.22. The number of methoxy groups -OCH3 is 1. The summed E-state index contributed by atoms with van der Waals surface area (Å²) < 4.78 is 4.86. The second-order valence-corrected chi connectivity index (χ2v) is 3.66. The highest BCUT2D eigenvalue weighted by Gasteiger charge is 2.41. The van der Waals surface area contributed by atoms with Gasteiger partial charge in [0.05, 0.1) is 10.1 Å². The standard InChI is InChI=1S/C7H7Cl3O2/c1-12-7(10)5(11)3-2-4(8)6(7)9/h2-3,5,11H,1H3. The number of allylic oxidation sites excluding steroid dienone is 2. The fraction of sp³-hybridized carbons (Fsp3) is 0.429. The van der Waals surface area contributed by atoms with E-state index in [0.717, 1.165) is 0 Å². The van der Waals surface area contributed by atoms with Crippen LogP contribution >= 0.6 is 34.8 Å². The zero-order valence-corrected chi connectivity index (χ0v) is 8.49. The van der Waals surface area contributed by atoms with Crippen molar-refractivity contribution >= 4 is 34.8 Å². The third kappa shape index (κ3) is 1.50. The van der Waals surface area contributed by atoms with Crippen molar-refractivity contribution in [2.75, 3.05) is 7.11 Å². The number of aliphatic hydroxyl groups excluding tert-OH is 1. The molecule has 1 aliphatic rings. The normalized spacial score (nSPS) is 35.9. The molecule has 0 aromatic carbocycles. The van der Waals surface area contributed by atoms with Crippen LogP contribution in [0.4, 0.5) is 0 Å². The van der Waals surface area contributed by atoms with Gasteiger partial charge < -0.3 is 9.84 Å². The number of aliphatic hydroxyl groups is 1. The largest absolute Gasteiger partial charge is 0.384 e. The van der Waals surface area contributed by atoms with E-state index in [-0.39, 0.29) is 10.1 Å². The maximum atomic E-state index is 9.40. The minimum atomic E-state index is -1.44. The van der Waals surface area contributed by atoms with E-state index in [1.54, 1.807) is 0 Å². The first-order valence-corrected chi connectivity index (χ1v) is 4.32. The Morgan fingerprint density at radius 2 is 2.17 bits per heavy atom. The number of rotatable bonds is 1. The Labute approximate surface area is 85.4 Å². The summed E-state index contributed by atoms with van der Waals surface area (Å²) in [5.41, 5.74) is 0. The summed E-state index contributed by atoms with van der Waals surface area (Å²) >= 11 is 17.3. The molecule has 0 aromatic rings. The number of halogens is 3. The van der Waals surface area contributed by atoms with Gasteiger partial charge in [0, 0.05) is 7.11 Å². The first-order valence-electron chi connectivity index (χ1n) is 3.18. The molecule has 0 aromatic heterocycles. The molecular formula is C7H7Cl3O2. The fourth-order valence-electron chi connectivity index (χ4n) is 0.876. The van der Waals surface area contributed by atoms with Gasteiger partial charge in [-0.2, -0.15) is 0 Å². The lowest BCUT2D eigenvalue weighted by atomic mass is 10.1. The third-order valence-corrected chi connectivity index (χ3v) is 3.17. The first kappa shape index (κ1) is 10.4. The molecule has 2 atom stereocenters. The van der Waals surface area contributed by atoms with E-state index in [9.17, 15) is 5.11 Å². The van der Waals surface area contributed by atoms with E-state index in [0.29, 0.717) is 0 Å². The van der Waals surface area contributed by atoms with E-state index in [1.807, 2.05) is 0 Å². The van der Waals surface area contributed by atoms with Gasteiger partial charge in [-0.3, -0.25) is 0 Å². The van der Waals surface area contributed by atoms with Crippen LogP contribution in [0.25, 0.3) is 0 Å². The molecular weight excluding hydrogens is 222 g/mol. The van der Waals surface area contributed by atoms with Crippen molar-refractivity contribution in [1.29, 1.82) is 0 Å². The maximum absolute atomic E-state index is 9.40. The van der Waals surface area contributed by atoms with Crippen LogP contribution in [0.3, 0.4) is 0 Å². The highest BCUT2D eigenvalue weighted by Crippen LogP contribution is 2.39. The summed E-state index contributed by atoms with van der Waals surface area (Å²) in [4.78, 5) is 0. The van der Waals surface area contributed by atoms with Crippen molar-refractivity contribution in [3.63, 3.8) is 0 Å². The molecule has 1 N–H and O–H groups in total. The molecule has 5 heteroatoms. The molecule has 0 spiro atoms. The Balaban J connectivity index is 3.08. The topological polar surface area (TPSA) is 29.5 Å². The average molecular weight is 229 g/mol. The van der Waals surface area contributed by atoms with Crippen LogP contribution in [0.5, 0.6) is 0 Å². The van der Waals surface area contributed by atoms with Gasteiger partial charge >= 0.3 is 0 Å². The predicted octanol–water partition coefficient (Wildman–Crippen LogP) is 2.19. The third-order valence-electron chi connectivity index (χ3n) is 1.61. The molecule has 68 valence electrons. The molecule has 0 saturated carbocycles. The number of alkyl halides is 1. The minimum absolute atomic E-state index is 0.100. The Hall–Kier alpha value is 0.270. The van der Waals surface area contributed by atoms with Gasteiger partial charge in [-0.1, -0.05) is 40.9 Å². The van der Waals surface area contributed by atoms with Crippen LogP contribution < -0.4 is 0 Å². The number of ether oxygens (including phenoxy) is 1. The van der Waals surface area contributed by atoms with Gasteiger partial charge in [-0.15, -0.1) is 0 Å². The van der Waals surface area contributed by atoms with Crippen LogP contribution in [0, 0.1) is 0 Å². The van der Waals surface area contributed by atoms with E-state index < -0.39 is 11.2 Å².